The average molecular weight is 928 g/mol. The largest absolute Gasteiger partial charge is 0.458 e. The number of ketones is 1. The molecule has 2 saturated carbocycles. The summed E-state index contributed by atoms with van der Waals surface area (Å²) in [5.74, 6) is -3.41. The molecular weight excluding hydrogens is 866 g/mol. The summed E-state index contributed by atoms with van der Waals surface area (Å²) in [6.45, 7) is 14.2. The van der Waals surface area contributed by atoms with Crippen LogP contribution in [0.4, 0.5) is 14.5 Å². The topological polar surface area (TPSA) is 150 Å². The van der Waals surface area contributed by atoms with E-state index in [-0.39, 0.29) is 76.3 Å². The maximum atomic E-state index is 16.1. The molecule has 1 aromatic heterocycles. The summed E-state index contributed by atoms with van der Waals surface area (Å²) in [5, 5.41) is 0.0907. The number of thioether (sulfide) groups is 1. The molecule has 2 aliphatic carbocycles. The van der Waals surface area contributed by atoms with E-state index < -0.39 is 70.6 Å². The number of esters is 3. The number of Topliss-reactive ketones (excluding diaryl/α,β-unsaturated/α-hetero) is 1. The zero-order valence-corrected chi connectivity index (χ0v) is 38.8. The smallest absolute Gasteiger partial charge is 0.347 e. The van der Waals surface area contributed by atoms with Crippen LogP contribution in [0.3, 0.4) is 0 Å². The number of hydrogen-bond donors (Lipinski definition) is 1. The first kappa shape index (κ1) is 46.7. The Kier molecular flexibility index (Phi) is 13.2. The van der Waals surface area contributed by atoms with Crippen LogP contribution in [0.25, 0.3) is 10.9 Å². The minimum Gasteiger partial charge on any atom is -0.458 e. The van der Waals surface area contributed by atoms with Gasteiger partial charge in [0.25, 0.3) is 0 Å². The van der Waals surface area contributed by atoms with Gasteiger partial charge in [-0.15, -0.1) is 18.3 Å². The minimum atomic E-state index is -1.45. The first-order chi connectivity index (χ1) is 30.3. The Balaban J connectivity index is 0.998. The van der Waals surface area contributed by atoms with Crippen LogP contribution >= 0.6 is 23.4 Å². The Morgan fingerprint density at radius 2 is 1.84 bits per heavy atom. The van der Waals surface area contributed by atoms with Crippen molar-refractivity contribution in [3.8, 4) is 0 Å². The number of alkyl halides is 1. The van der Waals surface area contributed by atoms with Crippen molar-refractivity contribution in [1.82, 2.24) is 9.47 Å². The van der Waals surface area contributed by atoms with Crippen LogP contribution in [-0.4, -0.2) is 107 Å². The third-order valence-corrected chi connectivity index (χ3v) is 16.8. The highest BCUT2D eigenvalue weighted by Gasteiger charge is 2.54. The predicted octanol–water partition coefficient (Wildman–Crippen LogP) is 7.65. The Morgan fingerprint density at radius 3 is 2.44 bits per heavy atom. The lowest BCUT2D eigenvalue weighted by Gasteiger charge is -2.45. The van der Waals surface area contributed by atoms with E-state index in [0.717, 1.165) is 31.7 Å². The monoisotopic (exact) mass is 926 g/mol. The van der Waals surface area contributed by atoms with E-state index in [1.807, 2.05) is 6.92 Å². The molecule has 1 spiro atoms. The van der Waals surface area contributed by atoms with E-state index in [9.17, 15) is 28.4 Å². The van der Waals surface area contributed by atoms with E-state index in [0.29, 0.717) is 48.8 Å². The number of carbonyl (C=O) groups excluding carboxylic acids is 4. The lowest BCUT2D eigenvalue weighted by Crippen LogP contribution is -2.51. The molecule has 10 atom stereocenters. The fourth-order valence-corrected chi connectivity index (χ4v) is 12.5. The summed E-state index contributed by atoms with van der Waals surface area (Å²) in [7, 11) is 2.18. The maximum absolute atomic E-state index is 16.1. The molecule has 348 valence electrons. The number of cyclic esters (lactones) is 1. The van der Waals surface area contributed by atoms with Gasteiger partial charge in [0.1, 0.15) is 35.5 Å². The van der Waals surface area contributed by atoms with E-state index in [4.69, 9.17) is 31.5 Å². The van der Waals surface area contributed by atoms with Crippen molar-refractivity contribution in [3.63, 3.8) is 0 Å². The molecule has 4 saturated heterocycles. The van der Waals surface area contributed by atoms with Crippen molar-refractivity contribution in [2.24, 2.45) is 22.5 Å². The molecule has 4 unspecified atom stereocenters. The second kappa shape index (κ2) is 18.1. The number of fused-ring (bicyclic) bond motifs is 3. The molecule has 4 aliphatic heterocycles. The number of pyridine rings is 1. The Morgan fingerprint density at radius 1 is 1.16 bits per heavy atom. The molecule has 1 aromatic carbocycles. The first-order valence-electron chi connectivity index (χ1n) is 22.8. The van der Waals surface area contributed by atoms with Gasteiger partial charge in [0.15, 0.2) is 6.10 Å². The van der Waals surface area contributed by atoms with Gasteiger partial charge in [-0.05, 0) is 83.9 Å². The van der Waals surface area contributed by atoms with Crippen LogP contribution < -0.4 is 16.1 Å². The highest BCUT2D eigenvalue weighted by atomic mass is 35.5. The van der Waals surface area contributed by atoms with Crippen molar-refractivity contribution in [3.05, 3.63) is 63.7 Å². The Hall–Kier alpha value is -3.79. The maximum Gasteiger partial charge on any atom is 0.347 e. The predicted molar refractivity (Wildman–Crippen MR) is 243 cm³/mol. The summed E-state index contributed by atoms with van der Waals surface area (Å²) in [6.07, 6.45) is 6.31. The summed E-state index contributed by atoms with van der Waals surface area (Å²) in [4.78, 5) is 71.6. The lowest BCUT2D eigenvalue weighted by atomic mass is 9.70. The van der Waals surface area contributed by atoms with Crippen LogP contribution in [0, 0.1) is 22.6 Å². The van der Waals surface area contributed by atoms with Gasteiger partial charge in [-0.1, -0.05) is 31.2 Å². The standard InChI is InChI=1S/C48H61ClF2N4O8S/c1-7-47(5,20-37(25(2)3)61-39(57)23-64-30-16-28-11-12-29(17-30)53(28)6)44-27(10-8-9-26(4)56)15-36(46(60)63-44)62-45(59)32-21-55(35-19-33(35)50)41-31(43(32)58)18-34(51)42(40(41)49)54-22-38(52)48(24-54)13-14-48/h7,18,21,27-30,33,35-38,44H,1-2,8-17,19-20,22-24,52H2,3-6H3/t27-,28?,29?,30?,33+,35?,36?,37+,38-,44-,47+/m1/s1. The lowest BCUT2D eigenvalue weighted by molar-refractivity contribution is -0.184. The molecule has 5 heterocycles. The third-order valence-electron chi connectivity index (χ3n) is 15.2. The zero-order valence-electron chi connectivity index (χ0n) is 37.3. The number of nitrogens with zero attached hydrogens (tertiary/aromatic N) is 3. The molecule has 2 aromatic rings. The molecule has 6 aliphatic rings. The summed E-state index contributed by atoms with van der Waals surface area (Å²) in [5.41, 5.74) is 4.75. The molecular formula is C48H61ClF2N4O8S. The number of nitrogens with two attached hydrogens (primary N) is 1. The van der Waals surface area contributed by atoms with Gasteiger partial charge in [-0.3, -0.25) is 9.59 Å². The van der Waals surface area contributed by atoms with E-state index >= 15 is 4.39 Å². The number of hydrogen-bond acceptors (Lipinski definition) is 12. The quantitative estimate of drug-likeness (QED) is 0.0944. The van der Waals surface area contributed by atoms with Gasteiger partial charge in [0.2, 0.25) is 5.43 Å². The van der Waals surface area contributed by atoms with Gasteiger partial charge in [-0.2, -0.15) is 0 Å². The Labute approximate surface area is 382 Å². The van der Waals surface area contributed by atoms with Crippen molar-refractivity contribution < 1.29 is 42.2 Å². The number of aromatic nitrogens is 1. The van der Waals surface area contributed by atoms with Gasteiger partial charge in [0.05, 0.1) is 33.4 Å². The second-order valence-electron chi connectivity index (χ2n) is 19.9. The van der Waals surface area contributed by atoms with Crippen LogP contribution in [0.5, 0.6) is 0 Å². The molecule has 16 heteroatoms. The molecule has 0 amide bonds. The number of piperidine rings is 1. The van der Waals surface area contributed by atoms with E-state index in [1.165, 1.54) is 30.5 Å². The third kappa shape index (κ3) is 9.16. The van der Waals surface area contributed by atoms with Crippen LogP contribution in [0.1, 0.15) is 114 Å². The number of anilines is 1. The van der Waals surface area contributed by atoms with Gasteiger partial charge in [0, 0.05) is 85.1 Å². The second-order valence-corrected chi connectivity index (χ2v) is 21.6. The fourth-order valence-electron chi connectivity index (χ4n) is 11.0. The highest BCUT2D eigenvalue weighted by molar-refractivity contribution is 8.00. The molecule has 6 fully saturated rings. The van der Waals surface area contributed by atoms with Crippen LogP contribution in [0.2, 0.25) is 5.02 Å². The van der Waals surface area contributed by atoms with E-state index in [2.05, 4.69) is 25.1 Å². The molecule has 12 nitrogen and oxygen atoms in total. The zero-order chi connectivity index (χ0) is 46.0. The van der Waals surface area contributed by atoms with Crippen molar-refractivity contribution in [2.45, 2.75) is 152 Å². The SMILES string of the molecule is C=C[C@@](C)(C[C@H](OC(=O)CSC1CC2CCC(C1)N2C)C(=C)C)[C@@H]1OC(=O)C(OC(=O)c2cn(C3C[C@@H]3F)c3c(Cl)c(N4C[C@@H](N)C5(CC5)C4)c(F)cc3c2=O)C[C@H]1CCCC(C)=O. The van der Waals surface area contributed by atoms with Crippen LogP contribution in [0.15, 0.2) is 41.9 Å². The van der Waals surface area contributed by atoms with Crippen molar-refractivity contribution in [1.29, 1.82) is 0 Å². The molecule has 2 N–H and O–H groups in total. The first-order valence-corrected chi connectivity index (χ1v) is 24.2. The van der Waals surface area contributed by atoms with E-state index in [1.54, 1.807) is 29.7 Å². The summed E-state index contributed by atoms with van der Waals surface area (Å²) >= 11 is 8.56. The molecule has 0 radical (unpaired) electrons. The highest BCUT2D eigenvalue weighted by Crippen LogP contribution is 2.54. The van der Waals surface area contributed by atoms with Crippen LogP contribution in [-0.2, 0) is 28.6 Å². The Bertz CT molecular complexity index is 2290. The minimum absolute atomic E-state index is 0.0104. The molecule has 2 bridgehead atoms. The summed E-state index contributed by atoms with van der Waals surface area (Å²) < 4.78 is 50.3. The van der Waals surface area contributed by atoms with Crippen molar-refractivity contribution in [2.75, 3.05) is 30.8 Å². The molecule has 8 rings (SSSR count). The van der Waals surface area contributed by atoms with Gasteiger partial charge >= 0.3 is 17.9 Å². The number of carbonyl (C=O) groups is 4. The van der Waals surface area contributed by atoms with Gasteiger partial charge < -0.3 is 39.1 Å². The number of rotatable bonds is 17. The number of halogens is 3. The summed E-state index contributed by atoms with van der Waals surface area (Å²) in [6, 6.07) is 1.19. The average Bonchev–Trinajstić information content (AvgIpc) is 4.14. The molecule has 64 heavy (non-hydrogen) atoms. The van der Waals surface area contributed by atoms with Crippen molar-refractivity contribution >= 4 is 63.6 Å². The number of benzene rings is 1. The van der Waals surface area contributed by atoms with Gasteiger partial charge in [-0.25, -0.2) is 18.4 Å². The number of ether oxygens (including phenoxy) is 3. The normalized spacial score (nSPS) is 30.7. The fraction of sp³-hybridized carbons (Fsp3) is 0.646.